The van der Waals surface area contributed by atoms with Crippen molar-refractivity contribution in [1.82, 2.24) is 4.90 Å². The first-order valence-corrected chi connectivity index (χ1v) is 9.87. The molecule has 1 N–H and O–H groups in total. The lowest BCUT2D eigenvalue weighted by molar-refractivity contribution is -0.137. The predicted octanol–water partition coefficient (Wildman–Crippen LogP) is 2.01. The Morgan fingerprint density at radius 1 is 1.41 bits per heavy atom. The molecular weight excluding hydrogens is 326 g/mol. The Balaban J connectivity index is 2.14. The number of aliphatic carboxylic acids is 1. The van der Waals surface area contributed by atoms with Gasteiger partial charge in [0.1, 0.15) is 4.21 Å². The van der Waals surface area contributed by atoms with E-state index in [-0.39, 0.29) is 22.6 Å². The fourth-order valence-electron chi connectivity index (χ4n) is 2.65. The van der Waals surface area contributed by atoms with Gasteiger partial charge in [0.25, 0.3) is 5.91 Å². The lowest BCUT2D eigenvalue weighted by atomic mass is 9.97. The molecule has 0 saturated carbocycles. The van der Waals surface area contributed by atoms with E-state index in [1.165, 1.54) is 6.07 Å². The van der Waals surface area contributed by atoms with Crippen molar-refractivity contribution in [3.63, 3.8) is 0 Å². The molecule has 0 bridgehead atoms. The number of carboxylic acid groups (broad SMARTS) is 1. The monoisotopic (exact) mass is 345 g/mol. The van der Waals surface area contributed by atoms with Crippen molar-refractivity contribution < 1.29 is 23.1 Å². The van der Waals surface area contributed by atoms with Crippen LogP contribution in [-0.2, 0) is 14.6 Å². The Labute approximate surface area is 133 Å². The third-order valence-corrected chi connectivity index (χ3v) is 6.53. The third-order valence-electron chi connectivity index (χ3n) is 3.77. The highest BCUT2D eigenvalue weighted by atomic mass is 32.2. The average molecular weight is 345 g/mol. The molecule has 0 aromatic carbocycles. The fourth-order valence-corrected chi connectivity index (χ4v) is 4.44. The predicted molar refractivity (Wildman–Crippen MR) is 83.0 cm³/mol. The lowest BCUT2D eigenvalue weighted by Gasteiger charge is -2.35. The van der Waals surface area contributed by atoms with Crippen LogP contribution in [0.3, 0.4) is 0 Å². The second kappa shape index (κ2) is 6.78. The standard InChI is InChI=1S/C14H19NO5S2/c1-22(19,20)13-8-10(9-21-13)14(18)15-7-3-2-4-11(15)5-6-12(16)17/h8-9,11H,2-7H2,1H3,(H,16,17). The molecule has 2 rings (SSSR count). The first-order chi connectivity index (χ1) is 10.3. The van der Waals surface area contributed by atoms with Crippen molar-refractivity contribution in [2.45, 2.75) is 42.4 Å². The van der Waals surface area contributed by atoms with Crippen LogP contribution in [0.2, 0.25) is 0 Å². The van der Waals surface area contributed by atoms with Crippen LogP contribution in [0.15, 0.2) is 15.7 Å². The van der Waals surface area contributed by atoms with Gasteiger partial charge in [-0.2, -0.15) is 0 Å². The van der Waals surface area contributed by atoms with E-state index in [9.17, 15) is 18.0 Å². The molecule has 0 radical (unpaired) electrons. The molecule has 8 heteroatoms. The van der Waals surface area contributed by atoms with E-state index in [0.29, 0.717) is 18.5 Å². The summed E-state index contributed by atoms with van der Waals surface area (Å²) in [5.41, 5.74) is 0.368. The highest BCUT2D eigenvalue weighted by Gasteiger charge is 2.28. The number of carbonyl (C=O) groups excluding carboxylic acids is 1. The summed E-state index contributed by atoms with van der Waals surface area (Å²) in [6.07, 6.45) is 4.24. The number of amides is 1. The van der Waals surface area contributed by atoms with E-state index in [1.807, 2.05) is 0 Å². The Morgan fingerprint density at radius 3 is 2.73 bits per heavy atom. The number of carboxylic acids is 1. The van der Waals surface area contributed by atoms with E-state index in [0.717, 1.165) is 36.9 Å². The van der Waals surface area contributed by atoms with Crippen LogP contribution in [-0.4, -0.2) is 49.1 Å². The van der Waals surface area contributed by atoms with Crippen LogP contribution in [0.25, 0.3) is 0 Å². The summed E-state index contributed by atoms with van der Waals surface area (Å²) < 4.78 is 23.2. The first-order valence-electron chi connectivity index (χ1n) is 7.10. The summed E-state index contributed by atoms with van der Waals surface area (Å²) in [7, 11) is -3.31. The van der Waals surface area contributed by atoms with Crippen molar-refractivity contribution in [2.75, 3.05) is 12.8 Å². The van der Waals surface area contributed by atoms with E-state index in [1.54, 1.807) is 10.3 Å². The molecule has 1 amide bonds. The molecule has 1 saturated heterocycles. The quantitative estimate of drug-likeness (QED) is 0.881. The molecule has 1 aromatic heterocycles. The van der Waals surface area contributed by atoms with Crippen molar-refractivity contribution in [1.29, 1.82) is 0 Å². The Hall–Kier alpha value is -1.41. The van der Waals surface area contributed by atoms with E-state index in [2.05, 4.69) is 0 Å². The van der Waals surface area contributed by atoms with Crippen LogP contribution in [0.4, 0.5) is 0 Å². The van der Waals surface area contributed by atoms with Gasteiger partial charge >= 0.3 is 5.97 Å². The largest absolute Gasteiger partial charge is 0.481 e. The minimum atomic E-state index is -3.31. The number of carbonyl (C=O) groups is 2. The van der Waals surface area contributed by atoms with Crippen molar-refractivity contribution in [3.8, 4) is 0 Å². The van der Waals surface area contributed by atoms with Crippen LogP contribution in [0.5, 0.6) is 0 Å². The molecule has 122 valence electrons. The summed E-state index contributed by atoms with van der Waals surface area (Å²) in [4.78, 5) is 25.0. The normalized spacial score (nSPS) is 19.1. The molecular formula is C14H19NO5S2. The second-order valence-electron chi connectivity index (χ2n) is 5.51. The molecule has 6 nitrogen and oxygen atoms in total. The highest BCUT2D eigenvalue weighted by molar-refractivity contribution is 7.92. The Bertz CT molecular complexity index is 665. The minimum absolute atomic E-state index is 0.0344. The molecule has 2 heterocycles. The molecule has 1 unspecified atom stereocenters. The molecule has 0 spiro atoms. The topological polar surface area (TPSA) is 91.8 Å². The molecule has 22 heavy (non-hydrogen) atoms. The number of likely N-dealkylation sites (tertiary alicyclic amines) is 1. The van der Waals surface area contributed by atoms with Gasteiger partial charge in [0.2, 0.25) is 0 Å². The zero-order valence-electron chi connectivity index (χ0n) is 12.3. The third kappa shape index (κ3) is 4.07. The van der Waals surface area contributed by atoms with Gasteiger partial charge in [0.05, 0.1) is 5.56 Å². The van der Waals surface area contributed by atoms with Gasteiger partial charge in [-0.3, -0.25) is 9.59 Å². The van der Waals surface area contributed by atoms with Crippen LogP contribution >= 0.6 is 11.3 Å². The van der Waals surface area contributed by atoms with E-state index < -0.39 is 15.8 Å². The summed E-state index contributed by atoms with van der Waals surface area (Å²) in [6, 6.07) is 1.32. The SMILES string of the molecule is CS(=O)(=O)c1cc(C(=O)N2CCCCC2CCC(=O)O)cs1. The van der Waals surface area contributed by atoms with Crippen LogP contribution in [0.1, 0.15) is 42.5 Å². The maximum atomic E-state index is 12.6. The lowest BCUT2D eigenvalue weighted by Crippen LogP contribution is -2.43. The van der Waals surface area contributed by atoms with Gasteiger partial charge in [0.15, 0.2) is 9.84 Å². The second-order valence-corrected chi connectivity index (χ2v) is 8.66. The van der Waals surface area contributed by atoms with Crippen molar-refractivity contribution in [2.24, 2.45) is 0 Å². The van der Waals surface area contributed by atoms with Gasteiger partial charge in [-0.05, 0) is 31.7 Å². The summed E-state index contributed by atoms with van der Waals surface area (Å²) >= 11 is 1.04. The number of nitrogens with zero attached hydrogens (tertiary/aromatic N) is 1. The number of hydrogen-bond acceptors (Lipinski definition) is 5. The number of sulfone groups is 1. The van der Waals surface area contributed by atoms with Gasteiger partial charge in [-0.15, -0.1) is 11.3 Å². The van der Waals surface area contributed by atoms with Gasteiger partial charge in [-0.25, -0.2) is 8.42 Å². The molecule has 1 aliphatic rings. The van der Waals surface area contributed by atoms with Crippen LogP contribution < -0.4 is 0 Å². The smallest absolute Gasteiger partial charge is 0.303 e. The van der Waals surface area contributed by atoms with Gasteiger partial charge < -0.3 is 10.0 Å². The zero-order valence-corrected chi connectivity index (χ0v) is 14.0. The van der Waals surface area contributed by atoms with Gasteiger partial charge in [0, 0.05) is 30.6 Å². The fraction of sp³-hybridized carbons (Fsp3) is 0.571. The van der Waals surface area contributed by atoms with E-state index >= 15 is 0 Å². The van der Waals surface area contributed by atoms with Crippen LogP contribution in [0, 0.1) is 0 Å². The molecule has 1 atom stereocenters. The van der Waals surface area contributed by atoms with Crippen molar-refractivity contribution in [3.05, 3.63) is 17.0 Å². The zero-order chi connectivity index (χ0) is 16.3. The Kier molecular flexibility index (Phi) is 5.23. The molecule has 0 aliphatic carbocycles. The van der Waals surface area contributed by atoms with Crippen molar-refractivity contribution >= 4 is 33.1 Å². The molecule has 1 fully saturated rings. The number of piperidine rings is 1. The van der Waals surface area contributed by atoms with E-state index in [4.69, 9.17) is 5.11 Å². The molecule has 1 aromatic rings. The summed E-state index contributed by atoms with van der Waals surface area (Å²) in [5, 5.41) is 10.4. The summed E-state index contributed by atoms with van der Waals surface area (Å²) in [5.74, 6) is -1.07. The maximum absolute atomic E-state index is 12.6. The average Bonchev–Trinajstić information content (AvgIpc) is 2.94. The number of rotatable bonds is 5. The number of hydrogen-bond donors (Lipinski definition) is 1. The number of thiophene rings is 1. The molecule has 1 aliphatic heterocycles. The Morgan fingerprint density at radius 2 is 2.14 bits per heavy atom. The first kappa shape index (κ1) is 17.0. The minimum Gasteiger partial charge on any atom is -0.481 e. The maximum Gasteiger partial charge on any atom is 0.303 e. The summed E-state index contributed by atoms with van der Waals surface area (Å²) in [6.45, 7) is 0.590. The van der Waals surface area contributed by atoms with Gasteiger partial charge in [-0.1, -0.05) is 0 Å². The highest BCUT2D eigenvalue weighted by Crippen LogP contribution is 2.26.